The van der Waals surface area contributed by atoms with Crippen LogP contribution in [0.4, 0.5) is 0 Å². The second-order valence-electron chi connectivity index (χ2n) is 8.18. The highest BCUT2D eigenvalue weighted by Gasteiger charge is 2.43. The number of hydrogen-bond acceptors (Lipinski definition) is 2. The molecule has 3 aliphatic rings. The van der Waals surface area contributed by atoms with Gasteiger partial charge in [-0.2, -0.15) is 0 Å². The highest BCUT2D eigenvalue weighted by molar-refractivity contribution is 5.83. The van der Waals surface area contributed by atoms with E-state index in [0.717, 1.165) is 24.8 Å². The summed E-state index contributed by atoms with van der Waals surface area (Å²) in [7, 11) is 0. The van der Waals surface area contributed by atoms with Gasteiger partial charge in [-0.1, -0.05) is 33.6 Å². The fraction of sp³-hybridized carbons (Fsp3) is 0.944. The van der Waals surface area contributed by atoms with E-state index in [1.54, 1.807) is 0 Å². The highest BCUT2D eigenvalue weighted by Crippen LogP contribution is 2.38. The van der Waals surface area contributed by atoms with Gasteiger partial charge in [0.25, 0.3) is 0 Å². The molecular formula is C18H32N2O. The molecule has 0 aromatic rings. The first-order valence-corrected chi connectivity index (χ1v) is 9.10. The maximum atomic E-state index is 12.8. The third-order valence-corrected chi connectivity index (χ3v) is 6.38. The van der Waals surface area contributed by atoms with Gasteiger partial charge in [0.05, 0.1) is 6.04 Å². The largest absolute Gasteiger partial charge is 0.352 e. The van der Waals surface area contributed by atoms with Crippen molar-refractivity contribution < 1.29 is 4.79 Å². The van der Waals surface area contributed by atoms with Crippen LogP contribution in [0, 0.1) is 29.6 Å². The van der Waals surface area contributed by atoms with Crippen molar-refractivity contribution in [2.75, 3.05) is 6.54 Å². The second-order valence-corrected chi connectivity index (χ2v) is 8.18. The smallest absolute Gasteiger partial charge is 0.237 e. The van der Waals surface area contributed by atoms with Crippen LogP contribution in [0.25, 0.3) is 0 Å². The summed E-state index contributed by atoms with van der Waals surface area (Å²) in [6.07, 6.45) is 7.63. The van der Waals surface area contributed by atoms with Crippen LogP contribution in [-0.2, 0) is 4.79 Å². The lowest BCUT2D eigenvalue weighted by Crippen LogP contribution is -2.52. The molecule has 1 saturated heterocycles. The SMILES string of the molecule is CC1CCC(C(C)C)C(NC(=O)C2NCC3CCCC32)C1. The molecule has 2 saturated carbocycles. The molecule has 1 heterocycles. The van der Waals surface area contributed by atoms with Gasteiger partial charge >= 0.3 is 0 Å². The summed E-state index contributed by atoms with van der Waals surface area (Å²) in [5.74, 6) is 3.72. The van der Waals surface area contributed by atoms with Crippen LogP contribution >= 0.6 is 0 Å². The number of amides is 1. The standard InChI is InChI=1S/C18H32N2O/c1-11(2)14-8-7-12(3)9-16(14)20-18(21)17-15-6-4-5-13(15)10-19-17/h11-17,19H,4-10H2,1-3H3,(H,20,21). The van der Waals surface area contributed by atoms with Crippen molar-refractivity contribution >= 4 is 5.91 Å². The zero-order valence-corrected chi connectivity index (χ0v) is 13.9. The fourth-order valence-corrected chi connectivity index (χ4v) is 5.12. The van der Waals surface area contributed by atoms with Crippen molar-refractivity contribution in [3.05, 3.63) is 0 Å². The van der Waals surface area contributed by atoms with Crippen molar-refractivity contribution in [3.63, 3.8) is 0 Å². The molecule has 0 spiro atoms. The fourth-order valence-electron chi connectivity index (χ4n) is 5.12. The molecule has 0 aromatic carbocycles. The first kappa shape index (κ1) is 15.3. The minimum absolute atomic E-state index is 0.0857. The molecule has 1 amide bonds. The maximum Gasteiger partial charge on any atom is 0.237 e. The van der Waals surface area contributed by atoms with Crippen LogP contribution < -0.4 is 10.6 Å². The highest BCUT2D eigenvalue weighted by atomic mass is 16.2. The maximum absolute atomic E-state index is 12.8. The van der Waals surface area contributed by atoms with E-state index in [9.17, 15) is 4.79 Å². The van der Waals surface area contributed by atoms with Gasteiger partial charge in [0.2, 0.25) is 5.91 Å². The molecule has 6 unspecified atom stereocenters. The van der Waals surface area contributed by atoms with Gasteiger partial charge in [-0.3, -0.25) is 4.79 Å². The summed E-state index contributed by atoms with van der Waals surface area (Å²) in [5.41, 5.74) is 0. The average Bonchev–Trinajstić information content (AvgIpc) is 3.00. The summed E-state index contributed by atoms with van der Waals surface area (Å²) in [4.78, 5) is 12.8. The Morgan fingerprint density at radius 1 is 1.19 bits per heavy atom. The summed E-state index contributed by atoms with van der Waals surface area (Å²) >= 11 is 0. The Morgan fingerprint density at radius 3 is 2.76 bits per heavy atom. The molecule has 3 fully saturated rings. The minimum atomic E-state index is 0.0857. The number of rotatable bonds is 3. The zero-order chi connectivity index (χ0) is 15.0. The quantitative estimate of drug-likeness (QED) is 0.839. The molecule has 3 rings (SSSR count). The normalized spacial score (nSPS) is 43.0. The number of carbonyl (C=O) groups excluding carboxylic acids is 1. The van der Waals surface area contributed by atoms with Gasteiger partial charge in [-0.05, 0) is 61.8 Å². The topological polar surface area (TPSA) is 41.1 Å². The van der Waals surface area contributed by atoms with Crippen LogP contribution in [0.2, 0.25) is 0 Å². The van der Waals surface area contributed by atoms with Crippen LogP contribution in [0.5, 0.6) is 0 Å². The lowest BCUT2D eigenvalue weighted by molar-refractivity contribution is -0.125. The first-order chi connectivity index (χ1) is 10.1. The van der Waals surface area contributed by atoms with Crippen LogP contribution in [-0.4, -0.2) is 24.5 Å². The number of fused-ring (bicyclic) bond motifs is 1. The first-order valence-electron chi connectivity index (χ1n) is 9.10. The van der Waals surface area contributed by atoms with E-state index in [-0.39, 0.29) is 11.9 Å². The van der Waals surface area contributed by atoms with E-state index in [0.29, 0.717) is 23.8 Å². The minimum Gasteiger partial charge on any atom is -0.352 e. The van der Waals surface area contributed by atoms with E-state index >= 15 is 0 Å². The Labute approximate surface area is 129 Å². The van der Waals surface area contributed by atoms with Crippen molar-refractivity contribution in [2.24, 2.45) is 29.6 Å². The number of nitrogens with one attached hydrogen (secondary N) is 2. The van der Waals surface area contributed by atoms with Gasteiger partial charge in [0.1, 0.15) is 0 Å². The third kappa shape index (κ3) is 3.13. The Morgan fingerprint density at radius 2 is 2.00 bits per heavy atom. The number of carbonyl (C=O) groups is 1. The Bertz CT molecular complexity index is 381. The second kappa shape index (κ2) is 6.28. The van der Waals surface area contributed by atoms with Crippen molar-refractivity contribution in [1.82, 2.24) is 10.6 Å². The van der Waals surface area contributed by atoms with Crippen molar-refractivity contribution in [3.8, 4) is 0 Å². The molecule has 2 N–H and O–H groups in total. The van der Waals surface area contributed by atoms with Crippen molar-refractivity contribution in [1.29, 1.82) is 0 Å². The Kier molecular flexibility index (Phi) is 4.58. The Balaban J connectivity index is 1.62. The van der Waals surface area contributed by atoms with E-state index in [4.69, 9.17) is 0 Å². The zero-order valence-electron chi connectivity index (χ0n) is 13.9. The summed E-state index contributed by atoms with van der Waals surface area (Å²) in [5, 5.41) is 6.93. The molecule has 3 heteroatoms. The van der Waals surface area contributed by atoms with Gasteiger partial charge in [-0.15, -0.1) is 0 Å². The van der Waals surface area contributed by atoms with Gasteiger partial charge in [0.15, 0.2) is 0 Å². The molecule has 1 aliphatic heterocycles. The monoisotopic (exact) mass is 292 g/mol. The third-order valence-electron chi connectivity index (χ3n) is 6.38. The molecule has 3 nitrogen and oxygen atoms in total. The molecule has 6 atom stereocenters. The lowest BCUT2D eigenvalue weighted by Gasteiger charge is -2.38. The summed E-state index contributed by atoms with van der Waals surface area (Å²) < 4.78 is 0. The molecule has 0 bridgehead atoms. The predicted molar refractivity (Wildman–Crippen MR) is 85.9 cm³/mol. The predicted octanol–water partition coefficient (Wildman–Crippen LogP) is 2.95. The van der Waals surface area contributed by atoms with Crippen molar-refractivity contribution in [2.45, 2.75) is 71.4 Å². The molecule has 120 valence electrons. The summed E-state index contributed by atoms with van der Waals surface area (Å²) in [6, 6.07) is 0.478. The van der Waals surface area contributed by atoms with E-state index in [1.807, 2.05) is 0 Å². The van der Waals surface area contributed by atoms with Crippen LogP contribution in [0.15, 0.2) is 0 Å². The average molecular weight is 292 g/mol. The Hall–Kier alpha value is -0.570. The van der Waals surface area contributed by atoms with E-state index in [1.165, 1.54) is 32.1 Å². The van der Waals surface area contributed by atoms with Crippen LogP contribution in [0.1, 0.15) is 59.3 Å². The van der Waals surface area contributed by atoms with Crippen LogP contribution in [0.3, 0.4) is 0 Å². The molecule has 2 aliphatic carbocycles. The molecule has 21 heavy (non-hydrogen) atoms. The van der Waals surface area contributed by atoms with Gasteiger partial charge in [-0.25, -0.2) is 0 Å². The van der Waals surface area contributed by atoms with E-state index < -0.39 is 0 Å². The van der Waals surface area contributed by atoms with Gasteiger partial charge < -0.3 is 10.6 Å². The number of hydrogen-bond donors (Lipinski definition) is 2. The molecule has 0 radical (unpaired) electrons. The summed E-state index contributed by atoms with van der Waals surface area (Å²) in [6.45, 7) is 8.00. The lowest BCUT2D eigenvalue weighted by atomic mass is 9.74. The molecule has 0 aromatic heterocycles. The molecular weight excluding hydrogens is 260 g/mol. The van der Waals surface area contributed by atoms with E-state index in [2.05, 4.69) is 31.4 Å². The van der Waals surface area contributed by atoms with Gasteiger partial charge in [0, 0.05) is 6.04 Å².